The van der Waals surface area contributed by atoms with E-state index < -0.39 is 6.10 Å². The third-order valence-electron chi connectivity index (χ3n) is 2.93. The molecule has 1 N–H and O–H groups in total. The van der Waals surface area contributed by atoms with Gasteiger partial charge in [-0.2, -0.15) is 0 Å². The Labute approximate surface area is 120 Å². The molecule has 0 fully saturated rings. The molecule has 0 amide bonds. The van der Waals surface area contributed by atoms with E-state index in [0.29, 0.717) is 16.5 Å². The van der Waals surface area contributed by atoms with E-state index in [1.807, 2.05) is 24.3 Å². The lowest BCUT2D eigenvalue weighted by atomic mass is 10.0. The number of aliphatic hydroxyl groups excluding tert-OH is 1. The maximum absolute atomic E-state index is 13.2. The Morgan fingerprint density at radius 2 is 2.00 bits per heavy atom. The monoisotopic (exact) mass is 324 g/mol. The van der Waals surface area contributed by atoms with E-state index in [-0.39, 0.29) is 5.82 Å². The van der Waals surface area contributed by atoms with Crippen molar-refractivity contribution in [1.82, 2.24) is 0 Å². The van der Waals surface area contributed by atoms with Crippen molar-refractivity contribution in [1.29, 1.82) is 0 Å². The van der Waals surface area contributed by atoms with Gasteiger partial charge in [-0.15, -0.1) is 0 Å². The van der Waals surface area contributed by atoms with Gasteiger partial charge in [-0.1, -0.05) is 24.3 Å². The molecule has 0 spiro atoms. The van der Waals surface area contributed by atoms with Crippen molar-refractivity contribution in [2.24, 2.45) is 0 Å². The molecule has 2 aromatic carbocycles. The van der Waals surface area contributed by atoms with Crippen molar-refractivity contribution in [3.63, 3.8) is 0 Å². The van der Waals surface area contributed by atoms with Crippen LogP contribution in [0.25, 0.3) is 0 Å². The van der Waals surface area contributed by atoms with Crippen LogP contribution in [0.15, 0.2) is 46.9 Å². The Morgan fingerprint density at radius 1 is 1.26 bits per heavy atom. The van der Waals surface area contributed by atoms with Crippen molar-refractivity contribution in [2.75, 3.05) is 7.11 Å². The van der Waals surface area contributed by atoms with Gasteiger partial charge in [0.05, 0.1) is 17.7 Å². The summed E-state index contributed by atoms with van der Waals surface area (Å²) in [6.45, 7) is 0. The molecule has 0 aliphatic rings. The second-order valence-electron chi connectivity index (χ2n) is 4.21. The van der Waals surface area contributed by atoms with Crippen LogP contribution in [0, 0.1) is 5.82 Å². The lowest BCUT2D eigenvalue weighted by Gasteiger charge is -2.14. The standard InChI is InChI=1S/C15H14BrFO2/c1-19-15-5-3-2-4-11(15)9-14(18)10-6-7-13(17)12(16)8-10/h2-8,14,18H,9H2,1H3. The molecule has 19 heavy (non-hydrogen) atoms. The zero-order valence-corrected chi connectivity index (χ0v) is 12.0. The van der Waals surface area contributed by atoms with Crippen molar-refractivity contribution in [2.45, 2.75) is 12.5 Å². The first-order valence-electron chi connectivity index (χ1n) is 5.86. The number of aliphatic hydroxyl groups is 1. The van der Waals surface area contributed by atoms with Crippen LogP contribution >= 0.6 is 15.9 Å². The van der Waals surface area contributed by atoms with Crippen molar-refractivity contribution < 1.29 is 14.2 Å². The average Bonchev–Trinajstić information content (AvgIpc) is 2.42. The number of hydrogen-bond acceptors (Lipinski definition) is 2. The highest BCUT2D eigenvalue weighted by Gasteiger charge is 2.13. The van der Waals surface area contributed by atoms with Crippen LogP contribution in [0.2, 0.25) is 0 Å². The van der Waals surface area contributed by atoms with E-state index in [9.17, 15) is 9.50 Å². The van der Waals surface area contributed by atoms with Gasteiger partial charge >= 0.3 is 0 Å². The van der Waals surface area contributed by atoms with Crippen LogP contribution < -0.4 is 4.74 Å². The molecule has 4 heteroatoms. The number of halogens is 2. The van der Waals surface area contributed by atoms with Gasteiger partial charge < -0.3 is 9.84 Å². The minimum atomic E-state index is -0.701. The van der Waals surface area contributed by atoms with E-state index in [4.69, 9.17) is 4.74 Å². The van der Waals surface area contributed by atoms with E-state index >= 15 is 0 Å². The van der Waals surface area contributed by atoms with E-state index in [0.717, 1.165) is 11.3 Å². The SMILES string of the molecule is COc1ccccc1CC(O)c1ccc(F)c(Br)c1. The summed E-state index contributed by atoms with van der Waals surface area (Å²) < 4.78 is 18.8. The predicted octanol–water partition coefficient (Wildman–Crippen LogP) is 3.87. The molecule has 0 saturated heterocycles. The zero-order chi connectivity index (χ0) is 13.8. The quantitative estimate of drug-likeness (QED) is 0.925. The van der Waals surface area contributed by atoms with Crippen LogP contribution in [0.4, 0.5) is 4.39 Å². The summed E-state index contributed by atoms with van der Waals surface area (Å²) in [7, 11) is 1.60. The topological polar surface area (TPSA) is 29.5 Å². The van der Waals surface area contributed by atoms with Gasteiger partial charge in [0.1, 0.15) is 11.6 Å². The molecule has 0 bridgehead atoms. The minimum Gasteiger partial charge on any atom is -0.496 e. The minimum absolute atomic E-state index is 0.340. The summed E-state index contributed by atoms with van der Waals surface area (Å²) in [4.78, 5) is 0. The molecular weight excluding hydrogens is 311 g/mol. The summed E-state index contributed by atoms with van der Waals surface area (Å²) in [5.74, 6) is 0.399. The lowest BCUT2D eigenvalue weighted by molar-refractivity contribution is 0.177. The summed E-state index contributed by atoms with van der Waals surface area (Å²) in [5.41, 5.74) is 1.58. The maximum Gasteiger partial charge on any atom is 0.137 e. The molecule has 100 valence electrons. The zero-order valence-electron chi connectivity index (χ0n) is 10.4. The molecule has 0 aliphatic carbocycles. The summed E-state index contributed by atoms with van der Waals surface area (Å²) >= 11 is 3.12. The molecule has 1 unspecified atom stereocenters. The fourth-order valence-electron chi connectivity index (χ4n) is 1.92. The highest BCUT2D eigenvalue weighted by atomic mass is 79.9. The highest BCUT2D eigenvalue weighted by Crippen LogP contribution is 2.27. The average molecular weight is 325 g/mol. The number of ether oxygens (including phenoxy) is 1. The van der Waals surface area contributed by atoms with Crippen LogP contribution in [-0.2, 0) is 6.42 Å². The van der Waals surface area contributed by atoms with Crippen LogP contribution in [0.3, 0.4) is 0 Å². The first-order valence-corrected chi connectivity index (χ1v) is 6.66. The second kappa shape index (κ2) is 6.17. The van der Waals surface area contributed by atoms with Gasteiger partial charge in [0.15, 0.2) is 0 Å². The second-order valence-corrected chi connectivity index (χ2v) is 5.06. The smallest absolute Gasteiger partial charge is 0.137 e. The van der Waals surface area contributed by atoms with Gasteiger partial charge in [-0.25, -0.2) is 4.39 Å². The van der Waals surface area contributed by atoms with Crippen LogP contribution in [-0.4, -0.2) is 12.2 Å². The molecule has 2 aromatic rings. The Morgan fingerprint density at radius 3 is 2.68 bits per heavy atom. The normalized spacial score (nSPS) is 12.2. The molecule has 0 aliphatic heterocycles. The highest BCUT2D eigenvalue weighted by molar-refractivity contribution is 9.10. The number of hydrogen-bond donors (Lipinski definition) is 1. The molecule has 0 heterocycles. The van der Waals surface area contributed by atoms with Crippen molar-refractivity contribution in [3.8, 4) is 5.75 Å². The van der Waals surface area contributed by atoms with Crippen molar-refractivity contribution in [3.05, 3.63) is 63.9 Å². The van der Waals surface area contributed by atoms with Gasteiger partial charge in [0, 0.05) is 6.42 Å². The molecule has 2 nitrogen and oxygen atoms in total. The fraction of sp³-hybridized carbons (Fsp3) is 0.200. The molecule has 2 rings (SSSR count). The molecule has 0 saturated carbocycles. The van der Waals surface area contributed by atoms with Gasteiger partial charge in [0.25, 0.3) is 0 Å². The molecule has 0 aromatic heterocycles. The van der Waals surface area contributed by atoms with Gasteiger partial charge in [-0.05, 0) is 45.3 Å². The Bertz CT molecular complexity index is 572. The first-order chi connectivity index (χ1) is 9.11. The number of methoxy groups -OCH3 is 1. The largest absolute Gasteiger partial charge is 0.496 e. The van der Waals surface area contributed by atoms with Crippen LogP contribution in [0.5, 0.6) is 5.75 Å². The van der Waals surface area contributed by atoms with E-state index in [1.54, 1.807) is 19.2 Å². The summed E-state index contributed by atoms with van der Waals surface area (Å²) in [5, 5.41) is 10.2. The third-order valence-corrected chi connectivity index (χ3v) is 3.54. The van der Waals surface area contributed by atoms with Crippen molar-refractivity contribution >= 4 is 15.9 Å². The molecule has 0 radical (unpaired) electrons. The summed E-state index contributed by atoms with van der Waals surface area (Å²) in [6, 6.07) is 12.0. The lowest BCUT2D eigenvalue weighted by Crippen LogP contribution is -2.03. The van der Waals surface area contributed by atoms with Gasteiger partial charge in [-0.3, -0.25) is 0 Å². The van der Waals surface area contributed by atoms with E-state index in [2.05, 4.69) is 15.9 Å². The van der Waals surface area contributed by atoms with Crippen LogP contribution in [0.1, 0.15) is 17.2 Å². The fourth-order valence-corrected chi connectivity index (χ4v) is 2.31. The molecule has 1 atom stereocenters. The number of benzene rings is 2. The maximum atomic E-state index is 13.2. The molecular formula is C15H14BrFO2. The Hall–Kier alpha value is -1.39. The summed E-state index contributed by atoms with van der Waals surface area (Å²) in [6.07, 6.45) is -0.282. The first kappa shape index (κ1) is 14.0. The Balaban J connectivity index is 2.20. The number of rotatable bonds is 4. The predicted molar refractivity (Wildman–Crippen MR) is 75.8 cm³/mol. The van der Waals surface area contributed by atoms with Gasteiger partial charge in [0.2, 0.25) is 0 Å². The third kappa shape index (κ3) is 3.33. The number of para-hydroxylation sites is 1. The van der Waals surface area contributed by atoms with E-state index in [1.165, 1.54) is 6.07 Å². The Kier molecular flexibility index (Phi) is 4.56.